The molecule has 0 aliphatic carbocycles. The van der Waals surface area contributed by atoms with Crippen LogP contribution in [0.4, 0.5) is 0 Å². The average Bonchev–Trinajstić information content (AvgIpc) is 2.70. The van der Waals surface area contributed by atoms with Crippen LogP contribution in [-0.2, 0) is 4.79 Å². The Hall–Kier alpha value is -1.09. The summed E-state index contributed by atoms with van der Waals surface area (Å²) in [6, 6.07) is 0. The Labute approximate surface area is 180 Å². The number of unbranched alkanes of at least 4 members (excludes halogenated alkanes) is 13. The Kier molecular flexibility index (Phi) is 22.3. The van der Waals surface area contributed by atoms with E-state index in [0.29, 0.717) is 6.42 Å². The molecule has 0 fully saturated rings. The largest absolute Gasteiger partial charge is 0.481 e. The number of aliphatic hydroxyl groups is 1. The molecule has 3 heteroatoms. The third kappa shape index (κ3) is 24.9. The zero-order valence-electron chi connectivity index (χ0n) is 19.1. The van der Waals surface area contributed by atoms with Gasteiger partial charge in [-0.3, -0.25) is 4.79 Å². The Morgan fingerprint density at radius 1 is 0.690 bits per heavy atom. The van der Waals surface area contributed by atoms with Crippen LogP contribution >= 0.6 is 0 Å². The van der Waals surface area contributed by atoms with Gasteiger partial charge in [0.15, 0.2) is 0 Å². The molecule has 1 atom stereocenters. The number of carbonyl (C=O) groups is 1. The molecule has 0 aliphatic heterocycles. The van der Waals surface area contributed by atoms with Crippen molar-refractivity contribution in [3.63, 3.8) is 0 Å². The van der Waals surface area contributed by atoms with Crippen LogP contribution in [0.1, 0.15) is 129 Å². The van der Waals surface area contributed by atoms with Crippen molar-refractivity contribution in [2.75, 3.05) is 0 Å². The number of rotatable bonds is 22. The smallest absolute Gasteiger partial charge is 0.303 e. The van der Waals surface area contributed by atoms with Gasteiger partial charge in [-0.15, -0.1) is 0 Å². The molecule has 0 aliphatic rings. The zero-order chi connectivity index (χ0) is 21.4. The lowest BCUT2D eigenvalue weighted by molar-refractivity contribution is -0.137. The summed E-state index contributed by atoms with van der Waals surface area (Å²) in [4.78, 5) is 10.4. The minimum atomic E-state index is -0.665. The monoisotopic (exact) mass is 408 g/mol. The third-order valence-corrected chi connectivity index (χ3v) is 5.43. The Bertz CT molecular complexity index is 401. The third-order valence-electron chi connectivity index (χ3n) is 5.43. The van der Waals surface area contributed by atoms with E-state index in [4.69, 9.17) is 5.11 Å². The molecule has 0 heterocycles. The molecule has 0 aromatic heterocycles. The van der Waals surface area contributed by atoms with Crippen molar-refractivity contribution in [1.29, 1.82) is 0 Å². The van der Waals surface area contributed by atoms with Gasteiger partial charge in [-0.05, 0) is 32.1 Å². The van der Waals surface area contributed by atoms with Crippen LogP contribution < -0.4 is 0 Å². The summed E-state index contributed by atoms with van der Waals surface area (Å²) >= 11 is 0. The highest BCUT2D eigenvalue weighted by Crippen LogP contribution is 2.14. The molecule has 0 bridgehead atoms. The van der Waals surface area contributed by atoms with Gasteiger partial charge in [-0.2, -0.15) is 0 Å². The number of aliphatic hydroxyl groups excluding tert-OH is 1. The SMILES string of the molecule is CCC=CCC=CCC(O)CCCCCCCCCCCCCCCCC(=O)O. The summed E-state index contributed by atoms with van der Waals surface area (Å²) in [6.07, 6.45) is 30.0. The predicted octanol–water partition coefficient (Wildman–Crippen LogP) is 7.98. The lowest BCUT2D eigenvalue weighted by Gasteiger charge is -2.07. The molecule has 3 nitrogen and oxygen atoms in total. The molecular weight excluding hydrogens is 360 g/mol. The van der Waals surface area contributed by atoms with E-state index in [1.165, 1.54) is 70.6 Å². The lowest BCUT2D eigenvalue weighted by atomic mass is 10.0. The molecule has 1 unspecified atom stereocenters. The highest BCUT2D eigenvalue weighted by Gasteiger charge is 2.01. The summed E-state index contributed by atoms with van der Waals surface area (Å²) in [5, 5.41) is 18.6. The van der Waals surface area contributed by atoms with E-state index in [-0.39, 0.29) is 6.10 Å². The van der Waals surface area contributed by atoms with E-state index < -0.39 is 5.97 Å². The first-order chi connectivity index (χ1) is 14.2. The summed E-state index contributed by atoms with van der Waals surface area (Å²) in [7, 11) is 0. The minimum absolute atomic E-state index is 0.168. The fourth-order valence-electron chi connectivity index (χ4n) is 3.59. The van der Waals surface area contributed by atoms with Gasteiger partial charge >= 0.3 is 5.97 Å². The Morgan fingerprint density at radius 2 is 1.14 bits per heavy atom. The molecule has 0 saturated heterocycles. The fraction of sp³-hybridized carbons (Fsp3) is 0.808. The number of allylic oxidation sites excluding steroid dienone is 3. The van der Waals surface area contributed by atoms with Gasteiger partial charge in [0, 0.05) is 6.42 Å². The van der Waals surface area contributed by atoms with Crippen LogP contribution in [0.5, 0.6) is 0 Å². The van der Waals surface area contributed by atoms with Crippen LogP contribution in [0.25, 0.3) is 0 Å². The minimum Gasteiger partial charge on any atom is -0.481 e. The number of aliphatic carboxylic acids is 1. The zero-order valence-corrected chi connectivity index (χ0v) is 19.1. The summed E-state index contributed by atoms with van der Waals surface area (Å²) in [5.41, 5.74) is 0. The molecular formula is C26H48O3. The molecule has 0 aromatic carbocycles. The van der Waals surface area contributed by atoms with Gasteiger partial charge < -0.3 is 10.2 Å². The second-order valence-electron chi connectivity index (χ2n) is 8.36. The summed E-state index contributed by atoms with van der Waals surface area (Å²) in [5.74, 6) is -0.665. The van der Waals surface area contributed by atoms with Crippen molar-refractivity contribution in [3.8, 4) is 0 Å². The van der Waals surface area contributed by atoms with Gasteiger partial charge in [-0.1, -0.05) is 115 Å². The van der Waals surface area contributed by atoms with E-state index in [2.05, 4.69) is 31.2 Å². The highest BCUT2D eigenvalue weighted by atomic mass is 16.4. The highest BCUT2D eigenvalue weighted by molar-refractivity contribution is 5.66. The first-order valence-electron chi connectivity index (χ1n) is 12.4. The maximum atomic E-state index is 10.4. The van der Waals surface area contributed by atoms with Crippen LogP contribution in [0.3, 0.4) is 0 Å². The van der Waals surface area contributed by atoms with Crippen molar-refractivity contribution in [2.24, 2.45) is 0 Å². The summed E-state index contributed by atoms with van der Waals surface area (Å²) < 4.78 is 0. The molecule has 29 heavy (non-hydrogen) atoms. The molecule has 0 rings (SSSR count). The first-order valence-corrected chi connectivity index (χ1v) is 12.4. The maximum Gasteiger partial charge on any atom is 0.303 e. The average molecular weight is 409 g/mol. The first kappa shape index (κ1) is 27.9. The van der Waals surface area contributed by atoms with Crippen molar-refractivity contribution < 1.29 is 15.0 Å². The molecule has 0 aromatic rings. The number of hydrogen-bond acceptors (Lipinski definition) is 2. The van der Waals surface area contributed by atoms with E-state index in [0.717, 1.165) is 44.9 Å². The Balaban J connectivity index is 3.19. The Morgan fingerprint density at radius 3 is 1.62 bits per heavy atom. The maximum absolute atomic E-state index is 10.4. The number of carboxylic acids is 1. The second kappa shape index (κ2) is 23.2. The van der Waals surface area contributed by atoms with E-state index in [1.807, 2.05) is 0 Å². The summed E-state index contributed by atoms with van der Waals surface area (Å²) in [6.45, 7) is 2.14. The van der Waals surface area contributed by atoms with Gasteiger partial charge in [0.1, 0.15) is 0 Å². The van der Waals surface area contributed by atoms with Crippen LogP contribution in [0, 0.1) is 0 Å². The van der Waals surface area contributed by atoms with Gasteiger partial charge in [0.05, 0.1) is 6.10 Å². The van der Waals surface area contributed by atoms with Gasteiger partial charge in [0.25, 0.3) is 0 Å². The van der Waals surface area contributed by atoms with Crippen molar-refractivity contribution in [2.45, 2.75) is 135 Å². The van der Waals surface area contributed by atoms with Gasteiger partial charge in [-0.25, -0.2) is 0 Å². The normalized spacial score (nSPS) is 12.9. The number of carboxylic acid groups (broad SMARTS) is 1. The topological polar surface area (TPSA) is 57.5 Å². The fourth-order valence-corrected chi connectivity index (χ4v) is 3.59. The van der Waals surface area contributed by atoms with E-state index in [1.54, 1.807) is 0 Å². The molecule has 0 amide bonds. The van der Waals surface area contributed by atoms with Crippen molar-refractivity contribution >= 4 is 5.97 Å². The van der Waals surface area contributed by atoms with Crippen LogP contribution in [-0.4, -0.2) is 22.3 Å². The van der Waals surface area contributed by atoms with Crippen LogP contribution in [0.2, 0.25) is 0 Å². The molecule has 2 N–H and O–H groups in total. The van der Waals surface area contributed by atoms with E-state index in [9.17, 15) is 9.90 Å². The van der Waals surface area contributed by atoms with Gasteiger partial charge in [0.2, 0.25) is 0 Å². The van der Waals surface area contributed by atoms with E-state index >= 15 is 0 Å². The van der Waals surface area contributed by atoms with Crippen molar-refractivity contribution in [1.82, 2.24) is 0 Å². The molecule has 0 saturated carbocycles. The molecule has 170 valence electrons. The lowest BCUT2D eigenvalue weighted by Crippen LogP contribution is -2.04. The van der Waals surface area contributed by atoms with Crippen LogP contribution in [0.15, 0.2) is 24.3 Å². The quantitative estimate of drug-likeness (QED) is 0.141. The predicted molar refractivity (Wildman–Crippen MR) is 125 cm³/mol. The number of hydrogen-bond donors (Lipinski definition) is 2. The van der Waals surface area contributed by atoms with Crippen molar-refractivity contribution in [3.05, 3.63) is 24.3 Å². The molecule has 0 radical (unpaired) electrons. The second-order valence-corrected chi connectivity index (χ2v) is 8.36. The molecule has 0 spiro atoms. The standard InChI is InChI=1S/C26H48O3/c1-2-3-4-5-16-19-22-25(27)23-20-17-14-12-10-8-6-7-9-11-13-15-18-21-24-26(28)29/h3-4,16,19,25,27H,2,5-15,17-18,20-24H2,1H3,(H,28,29).